The SMILES string of the molecule is CCOC(=O)C1CCCN1c1ccccc1S(N)(=O)=O. The largest absolute Gasteiger partial charge is 0.464 e. The number of anilines is 1. The van der Waals surface area contributed by atoms with Crippen molar-refractivity contribution < 1.29 is 17.9 Å². The predicted octanol–water partition coefficient (Wildman–Crippen LogP) is 0.866. The molecule has 6 nitrogen and oxygen atoms in total. The lowest BCUT2D eigenvalue weighted by Gasteiger charge is -2.26. The van der Waals surface area contributed by atoms with Crippen molar-refractivity contribution in [3.63, 3.8) is 0 Å². The van der Waals surface area contributed by atoms with Gasteiger partial charge in [0.1, 0.15) is 10.9 Å². The first-order valence-corrected chi connectivity index (χ1v) is 8.05. The second-order valence-corrected chi connectivity index (χ2v) is 6.15. The Morgan fingerprint density at radius 2 is 2.15 bits per heavy atom. The van der Waals surface area contributed by atoms with E-state index in [0.717, 1.165) is 6.42 Å². The summed E-state index contributed by atoms with van der Waals surface area (Å²) in [6.07, 6.45) is 1.46. The van der Waals surface area contributed by atoms with Gasteiger partial charge in [0, 0.05) is 6.54 Å². The molecule has 0 spiro atoms. The highest BCUT2D eigenvalue weighted by molar-refractivity contribution is 7.89. The standard InChI is InChI=1S/C13H18N2O4S/c1-2-19-13(16)11-7-5-9-15(11)10-6-3-4-8-12(10)20(14,17)18/h3-4,6,8,11H,2,5,7,9H2,1H3,(H2,14,17,18). The van der Waals surface area contributed by atoms with Crippen LogP contribution in [0.3, 0.4) is 0 Å². The summed E-state index contributed by atoms with van der Waals surface area (Å²) in [5, 5.41) is 5.23. The first-order chi connectivity index (χ1) is 9.45. The number of rotatable bonds is 4. The van der Waals surface area contributed by atoms with Crippen molar-refractivity contribution in [3.8, 4) is 0 Å². The van der Waals surface area contributed by atoms with E-state index < -0.39 is 16.1 Å². The number of hydrogen-bond acceptors (Lipinski definition) is 5. The third-order valence-electron chi connectivity index (χ3n) is 3.29. The molecule has 1 aromatic carbocycles. The number of sulfonamides is 1. The molecule has 0 bridgehead atoms. The van der Waals surface area contributed by atoms with Crippen molar-refractivity contribution in [1.29, 1.82) is 0 Å². The van der Waals surface area contributed by atoms with E-state index in [-0.39, 0.29) is 10.9 Å². The summed E-state index contributed by atoms with van der Waals surface area (Å²) in [5.74, 6) is -0.325. The summed E-state index contributed by atoms with van der Waals surface area (Å²) in [6.45, 7) is 2.66. The van der Waals surface area contributed by atoms with E-state index in [2.05, 4.69) is 0 Å². The number of carbonyl (C=O) groups excluding carboxylic acids is 1. The minimum atomic E-state index is -3.83. The van der Waals surface area contributed by atoms with Crippen LogP contribution >= 0.6 is 0 Å². The molecular formula is C13H18N2O4S. The van der Waals surface area contributed by atoms with Crippen molar-refractivity contribution >= 4 is 21.7 Å². The Hall–Kier alpha value is -1.60. The van der Waals surface area contributed by atoms with Gasteiger partial charge in [-0.1, -0.05) is 12.1 Å². The Bertz CT molecular complexity index is 600. The Balaban J connectivity index is 2.38. The number of para-hydroxylation sites is 1. The van der Waals surface area contributed by atoms with Crippen LogP contribution in [0.2, 0.25) is 0 Å². The van der Waals surface area contributed by atoms with Crippen LogP contribution in [0.4, 0.5) is 5.69 Å². The van der Waals surface area contributed by atoms with Crippen LogP contribution in [0.25, 0.3) is 0 Å². The van der Waals surface area contributed by atoms with Gasteiger partial charge in [-0.3, -0.25) is 0 Å². The van der Waals surface area contributed by atoms with Crippen molar-refractivity contribution in [2.24, 2.45) is 5.14 Å². The van der Waals surface area contributed by atoms with Gasteiger partial charge in [-0.15, -0.1) is 0 Å². The molecule has 2 N–H and O–H groups in total. The van der Waals surface area contributed by atoms with E-state index in [0.29, 0.717) is 25.3 Å². The quantitative estimate of drug-likeness (QED) is 0.833. The van der Waals surface area contributed by atoms with E-state index in [1.165, 1.54) is 6.07 Å². The molecular weight excluding hydrogens is 280 g/mol. The van der Waals surface area contributed by atoms with E-state index in [1.807, 2.05) is 0 Å². The summed E-state index contributed by atoms with van der Waals surface area (Å²) < 4.78 is 28.3. The zero-order valence-electron chi connectivity index (χ0n) is 11.3. The molecule has 20 heavy (non-hydrogen) atoms. The topological polar surface area (TPSA) is 89.7 Å². The molecule has 1 aliphatic heterocycles. The van der Waals surface area contributed by atoms with Crippen LogP contribution in [0.1, 0.15) is 19.8 Å². The maximum Gasteiger partial charge on any atom is 0.328 e. The Morgan fingerprint density at radius 1 is 1.45 bits per heavy atom. The van der Waals surface area contributed by atoms with Crippen LogP contribution in [-0.4, -0.2) is 33.6 Å². The van der Waals surface area contributed by atoms with Crippen LogP contribution in [0, 0.1) is 0 Å². The van der Waals surface area contributed by atoms with Crippen molar-refractivity contribution in [3.05, 3.63) is 24.3 Å². The van der Waals surface area contributed by atoms with E-state index in [9.17, 15) is 13.2 Å². The molecule has 0 saturated carbocycles. The molecule has 0 aliphatic carbocycles. The fourth-order valence-corrected chi connectivity index (χ4v) is 3.22. The molecule has 110 valence electrons. The second kappa shape index (κ2) is 5.80. The summed E-state index contributed by atoms with van der Waals surface area (Å²) >= 11 is 0. The third kappa shape index (κ3) is 2.94. The molecule has 1 atom stereocenters. The number of benzene rings is 1. The zero-order chi connectivity index (χ0) is 14.8. The average Bonchev–Trinajstić information content (AvgIpc) is 2.87. The smallest absolute Gasteiger partial charge is 0.328 e. The van der Waals surface area contributed by atoms with Crippen LogP contribution in [0.5, 0.6) is 0 Å². The van der Waals surface area contributed by atoms with E-state index in [1.54, 1.807) is 30.0 Å². The van der Waals surface area contributed by atoms with Crippen LogP contribution in [-0.2, 0) is 19.6 Å². The monoisotopic (exact) mass is 298 g/mol. The van der Waals surface area contributed by atoms with Crippen molar-refractivity contribution in [2.75, 3.05) is 18.1 Å². The van der Waals surface area contributed by atoms with Gasteiger partial charge in [0.15, 0.2) is 0 Å². The van der Waals surface area contributed by atoms with Crippen molar-refractivity contribution in [2.45, 2.75) is 30.7 Å². The summed E-state index contributed by atoms with van der Waals surface area (Å²) in [7, 11) is -3.83. The average molecular weight is 298 g/mol. The van der Waals surface area contributed by atoms with Gasteiger partial charge in [-0.2, -0.15) is 0 Å². The lowest BCUT2D eigenvalue weighted by molar-refractivity contribution is -0.144. The fourth-order valence-electron chi connectivity index (χ4n) is 2.47. The minimum absolute atomic E-state index is 0.0381. The van der Waals surface area contributed by atoms with E-state index >= 15 is 0 Å². The van der Waals surface area contributed by atoms with Gasteiger partial charge in [0.05, 0.1) is 12.3 Å². The molecule has 0 amide bonds. The highest BCUT2D eigenvalue weighted by atomic mass is 32.2. The van der Waals surface area contributed by atoms with Crippen molar-refractivity contribution in [1.82, 2.24) is 0 Å². The molecule has 1 unspecified atom stereocenters. The van der Waals surface area contributed by atoms with Gasteiger partial charge >= 0.3 is 5.97 Å². The lowest BCUT2D eigenvalue weighted by Crippen LogP contribution is -2.38. The Kier molecular flexibility index (Phi) is 4.29. The number of hydrogen-bond donors (Lipinski definition) is 1. The number of nitrogens with two attached hydrogens (primary N) is 1. The second-order valence-electron chi connectivity index (χ2n) is 4.62. The summed E-state index contributed by atoms with van der Waals surface area (Å²) in [5.41, 5.74) is 0.463. The number of nitrogens with zero attached hydrogens (tertiary/aromatic N) is 1. The third-order valence-corrected chi connectivity index (χ3v) is 4.25. The van der Waals surface area contributed by atoms with Gasteiger partial charge in [-0.05, 0) is 31.9 Å². The molecule has 1 aromatic rings. The maximum absolute atomic E-state index is 11.9. The number of carbonyl (C=O) groups is 1. The highest BCUT2D eigenvalue weighted by Crippen LogP contribution is 2.31. The molecule has 1 saturated heterocycles. The maximum atomic E-state index is 11.9. The molecule has 1 fully saturated rings. The van der Waals surface area contributed by atoms with Crippen LogP contribution in [0.15, 0.2) is 29.2 Å². The molecule has 1 heterocycles. The van der Waals surface area contributed by atoms with Gasteiger partial charge in [0.2, 0.25) is 10.0 Å². The molecule has 0 aromatic heterocycles. The highest BCUT2D eigenvalue weighted by Gasteiger charge is 2.34. The first-order valence-electron chi connectivity index (χ1n) is 6.50. The summed E-state index contributed by atoms with van der Waals surface area (Å²) in [6, 6.07) is 6.00. The predicted molar refractivity (Wildman–Crippen MR) is 74.8 cm³/mol. The molecule has 7 heteroatoms. The summed E-state index contributed by atoms with van der Waals surface area (Å²) in [4.78, 5) is 13.7. The van der Waals surface area contributed by atoms with E-state index in [4.69, 9.17) is 9.88 Å². The van der Waals surface area contributed by atoms with Gasteiger partial charge < -0.3 is 9.64 Å². The number of primary sulfonamides is 1. The van der Waals surface area contributed by atoms with Gasteiger partial charge in [-0.25, -0.2) is 18.4 Å². The normalized spacial score (nSPS) is 19.1. The molecule has 2 rings (SSSR count). The molecule has 1 aliphatic rings. The number of esters is 1. The van der Waals surface area contributed by atoms with Gasteiger partial charge in [0.25, 0.3) is 0 Å². The number of ether oxygens (including phenoxy) is 1. The first kappa shape index (κ1) is 14.8. The fraction of sp³-hybridized carbons (Fsp3) is 0.462. The Morgan fingerprint density at radius 3 is 2.80 bits per heavy atom. The van der Waals surface area contributed by atoms with Crippen LogP contribution < -0.4 is 10.0 Å². The molecule has 0 radical (unpaired) electrons. The Labute approximate surface area is 118 Å². The minimum Gasteiger partial charge on any atom is -0.464 e. The lowest BCUT2D eigenvalue weighted by atomic mass is 10.2. The zero-order valence-corrected chi connectivity index (χ0v) is 12.1.